The van der Waals surface area contributed by atoms with Crippen molar-refractivity contribution in [2.24, 2.45) is 0 Å². The van der Waals surface area contributed by atoms with E-state index < -0.39 is 0 Å². The van der Waals surface area contributed by atoms with Gasteiger partial charge < -0.3 is 9.64 Å². The number of rotatable bonds is 3. The summed E-state index contributed by atoms with van der Waals surface area (Å²) in [5, 5.41) is 4.01. The van der Waals surface area contributed by atoms with Gasteiger partial charge in [-0.05, 0) is 29.4 Å². The molecule has 1 aliphatic rings. The van der Waals surface area contributed by atoms with Gasteiger partial charge in [0.15, 0.2) is 5.78 Å². The number of Topliss-reactive ketones (excluding diaryl/α,β-unsaturated/α-hetero) is 1. The molecular formula is C11H15NO2S. The molecular weight excluding hydrogens is 210 g/mol. The predicted molar refractivity (Wildman–Crippen MR) is 60.3 cm³/mol. The van der Waals surface area contributed by atoms with Gasteiger partial charge in [-0.15, -0.1) is 0 Å². The molecule has 2 heterocycles. The summed E-state index contributed by atoms with van der Waals surface area (Å²) in [6.07, 6.45) is 0.269. The van der Waals surface area contributed by atoms with E-state index in [-0.39, 0.29) is 11.9 Å². The van der Waals surface area contributed by atoms with Gasteiger partial charge in [0, 0.05) is 19.5 Å². The van der Waals surface area contributed by atoms with Gasteiger partial charge in [-0.3, -0.25) is 4.79 Å². The Morgan fingerprint density at radius 2 is 2.60 bits per heavy atom. The topological polar surface area (TPSA) is 29.5 Å². The lowest BCUT2D eigenvalue weighted by Crippen LogP contribution is -2.44. The lowest BCUT2D eigenvalue weighted by Gasteiger charge is -2.28. The highest BCUT2D eigenvalue weighted by Gasteiger charge is 2.24. The van der Waals surface area contributed by atoms with Crippen LogP contribution in [0.2, 0.25) is 0 Å². The molecule has 1 unspecified atom stereocenters. The molecule has 0 N–H and O–H groups in total. The minimum atomic E-state index is -0.233. The second-order valence-electron chi connectivity index (χ2n) is 3.90. The number of ketones is 1. The van der Waals surface area contributed by atoms with Crippen LogP contribution in [0.3, 0.4) is 0 Å². The Kier molecular flexibility index (Phi) is 3.51. The number of hydrogen-bond donors (Lipinski definition) is 0. The molecule has 1 aromatic rings. The summed E-state index contributed by atoms with van der Waals surface area (Å²) in [5.74, 6) is 0.194. The van der Waals surface area contributed by atoms with Crippen LogP contribution in [0.1, 0.15) is 5.56 Å². The summed E-state index contributed by atoms with van der Waals surface area (Å²) in [6, 6.07) is 2.00. The van der Waals surface area contributed by atoms with E-state index >= 15 is 0 Å². The molecule has 0 aromatic carbocycles. The minimum Gasteiger partial charge on any atom is -0.368 e. The third-order valence-electron chi connectivity index (χ3n) is 2.59. The van der Waals surface area contributed by atoms with E-state index in [1.807, 2.05) is 23.9 Å². The first-order valence-corrected chi connectivity index (χ1v) is 6.04. The highest BCUT2D eigenvalue weighted by molar-refractivity contribution is 7.07. The minimum absolute atomic E-state index is 0.194. The fraction of sp³-hybridized carbons (Fsp3) is 0.545. The average molecular weight is 225 g/mol. The summed E-state index contributed by atoms with van der Waals surface area (Å²) in [6.45, 7) is 2.31. The Labute approximate surface area is 93.7 Å². The predicted octanol–water partition coefficient (Wildman–Crippen LogP) is 1.19. The Morgan fingerprint density at radius 3 is 3.27 bits per heavy atom. The van der Waals surface area contributed by atoms with Gasteiger partial charge in [-0.25, -0.2) is 0 Å². The number of hydrogen-bond acceptors (Lipinski definition) is 4. The molecule has 0 spiro atoms. The fourth-order valence-electron chi connectivity index (χ4n) is 1.68. The molecule has 0 saturated carbocycles. The number of likely N-dealkylation sites (N-methyl/N-ethyl adjacent to an activating group) is 1. The van der Waals surface area contributed by atoms with Crippen molar-refractivity contribution in [2.45, 2.75) is 12.5 Å². The largest absolute Gasteiger partial charge is 0.368 e. The van der Waals surface area contributed by atoms with E-state index in [1.165, 1.54) is 0 Å². The van der Waals surface area contributed by atoms with Crippen LogP contribution in [0, 0.1) is 0 Å². The molecule has 0 bridgehead atoms. The third-order valence-corrected chi connectivity index (χ3v) is 3.32. The Bertz CT molecular complexity index is 323. The maximum atomic E-state index is 11.9. The molecule has 1 fully saturated rings. The second-order valence-corrected chi connectivity index (χ2v) is 4.68. The fourth-order valence-corrected chi connectivity index (χ4v) is 2.35. The lowest BCUT2D eigenvalue weighted by molar-refractivity contribution is -0.134. The second kappa shape index (κ2) is 4.88. The maximum absolute atomic E-state index is 11.9. The molecule has 1 aliphatic heterocycles. The Morgan fingerprint density at radius 1 is 1.73 bits per heavy atom. The first-order chi connectivity index (χ1) is 7.25. The van der Waals surface area contributed by atoms with Gasteiger partial charge in [0.25, 0.3) is 0 Å². The summed E-state index contributed by atoms with van der Waals surface area (Å²) in [4.78, 5) is 14.0. The molecule has 0 aliphatic carbocycles. The Hall–Kier alpha value is -0.710. The van der Waals surface area contributed by atoms with Crippen LogP contribution in [-0.2, 0) is 16.0 Å². The highest BCUT2D eigenvalue weighted by atomic mass is 32.1. The van der Waals surface area contributed by atoms with Crippen molar-refractivity contribution in [1.29, 1.82) is 0 Å². The molecule has 0 radical (unpaired) electrons. The van der Waals surface area contributed by atoms with Crippen LogP contribution in [0.25, 0.3) is 0 Å². The van der Waals surface area contributed by atoms with Crippen LogP contribution in [0.15, 0.2) is 16.8 Å². The zero-order valence-electron chi connectivity index (χ0n) is 8.81. The van der Waals surface area contributed by atoms with Crippen LogP contribution in [0.5, 0.6) is 0 Å². The first-order valence-electron chi connectivity index (χ1n) is 5.09. The molecule has 4 heteroatoms. The lowest BCUT2D eigenvalue weighted by atomic mass is 10.1. The molecule has 82 valence electrons. The summed E-state index contributed by atoms with van der Waals surface area (Å²) >= 11 is 1.63. The molecule has 1 atom stereocenters. The number of carbonyl (C=O) groups excluding carboxylic acids is 1. The van der Waals surface area contributed by atoms with Crippen molar-refractivity contribution in [2.75, 3.05) is 26.7 Å². The standard InChI is InChI=1S/C11H15NO2S/c1-12-3-4-14-11(7-12)10(13)6-9-2-5-15-8-9/h2,5,8,11H,3-4,6-7H2,1H3. The highest BCUT2D eigenvalue weighted by Crippen LogP contribution is 2.11. The number of nitrogens with zero attached hydrogens (tertiary/aromatic N) is 1. The van der Waals surface area contributed by atoms with Crippen LogP contribution < -0.4 is 0 Å². The summed E-state index contributed by atoms with van der Waals surface area (Å²) < 4.78 is 5.47. The quantitative estimate of drug-likeness (QED) is 0.774. The van der Waals surface area contributed by atoms with Crippen molar-refractivity contribution in [3.8, 4) is 0 Å². The zero-order chi connectivity index (χ0) is 10.7. The van der Waals surface area contributed by atoms with Crippen LogP contribution >= 0.6 is 11.3 Å². The molecule has 0 amide bonds. The van der Waals surface area contributed by atoms with E-state index in [1.54, 1.807) is 11.3 Å². The Balaban J connectivity index is 1.90. The summed E-state index contributed by atoms with van der Waals surface area (Å²) in [7, 11) is 2.02. The average Bonchev–Trinajstić information content (AvgIpc) is 2.70. The van der Waals surface area contributed by atoms with Gasteiger partial charge in [-0.1, -0.05) is 0 Å². The molecule has 1 saturated heterocycles. The first kappa shape index (κ1) is 10.8. The normalized spacial score (nSPS) is 22.9. The monoisotopic (exact) mass is 225 g/mol. The number of ether oxygens (including phenoxy) is 1. The van der Waals surface area contributed by atoms with Gasteiger partial charge in [0.1, 0.15) is 6.10 Å². The van der Waals surface area contributed by atoms with E-state index in [2.05, 4.69) is 4.90 Å². The van der Waals surface area contributed by atoms with E-state index in [9.17, 15) is 4.79 Å². The van der Waals surface area contributed by atoms with Crippen LogP contribution in [-0.4, -0.2) is 43.5 Å². The SMILES string of the molecule is CN1CCOC(C(=O)Cc2ccsc2)C1. The number of thiophene rings is 1. The summed E-state index contributed by atoms with van der Waals surface area (Å²) in [5.41, 5.74) is 1.10. The van der Waals surface area contributed by atoms with Gasteiger partial charge in [0.05, 0.1) is 6.61 Å². The van der Waals surface area contributed by atoms with Crippen molar-refractivity contribution >= 4 is 17.1 Å². The van der Waals surface area contributed by atoms with Gasteiger partial charge >= 0.3 is 0 Å². The van der Waals surface area contributed by atoms with Crippen molar-refractivity contribution in [3.63, 3.8) is 0 Å². The third kappa shape index (κ3) is 2.87. The van der Waals surface area contributed by atoms with E-state index in [0.29, 0.717) is 13.0 Å². The van der Waals surface area contributed by atoms with E-state index in [4.69, 9.17) is 4.74 Å². The number of carbonyl (C=O) groups is 1. The molecule has 15 heavy (non-hydrogen) atoms. The molecule has 2 rings (SSSR count). The van der Waals surface area contributed by atoms with Crippen LogP contribution in [0.4, 0.5) is 0 Å². The molecule has 3 nitrogen and oxygen atoms in total. The van der Waals surface area contributed by atoms with Crippen molar-refractivity contribution < 1.29 is 9.53 Å². The van der Waals surface area contributed by atoms with Gasteiger partial charge in [0.2, 0.25) is 0 Å². The smallest absolute Gasteiger partial charge is 0.167 e. The zero-order valence-corrected chi connectivity index (χ0v) is 9.63. The van der Waals surface area contributed by atoms with Crippen molar-refractivity contribution in [3.05, 3.63) is 22.4 Å². The van der Waals surface area contributed by atoms with Gasteiger partial charge in [-0.2, -0.15) is 11.3 Å². The van der Waals surface area contributed by atoms with Crippen molar-refractivity contribution in [1.82, 2.24) is 4.90 Å². The maximum Gasteiger partial charge on any atom is 0.167 e. The van der Waals surface area contributed by atoms with E-state index in [0.717, 1.165) is 18.7 Å². The number of morpholine rings is 1. The molecule has 1 aromatic heterocycles.